The Labute approximate surface area is 123 Å². The van der Waals surface area contributed by atoms with Crippen molar-refractivity contribution in [1.29, 1.82) is 0 Å². The Balaban J connectivity index is 1.75. The molecular weight excluding hydrogens is 268 g/mol. The third-order valence-corrected chi connectivity index (χ3v) is 3.79. The van der Waals surface area contributed by atoms with Crippen LogP contribution in [0.2, 0.25) is 0 Å². The van der Waals surface area contributed by atoms with Crippen LogP contribution in [0.3, 0.4) is 0 Å². The van der Waals surface area contributed by atoms with E-state index in [2.05, 4.69) is 15.0 Å². The van der Waals surface area contributed by atoms with E-state index in [4.69, 9.17) is 0 Å². The van der Waals surface area contributed by atoms with Crippen LogP contribution >= 0.6 is 0 Å². The zero-order valence-corrected chi connectivity index (χ0v) is 12.3. The van der Waals surface area contributed by atoms with Gasteiger partial charge < -0.3 is 10.2 Å². The number of aromatic hydroxyl groups is 1. The van der Waals surface area contributed by atoms with E-state index in [1.54, 1.807) is 19.1 Å². The maximum Gasteiger partial charge on any atom is 0.138 e. The third kappa shape index (κ3) is 2.91. The highest BCUT2D eigenvalue weighted by Crippen LogP contribution is 2.22. The number of rotatable bonds is 3. The lowest BCUT2D eigenvalue weighted by Gasteiger charge is -2.27. The molecule has 0 bridgehead atoms. The van der Waals surface area contributed by atoms with E-state index in [-0.39, 0.29) is 5.75 Å². The number of aliphatic hydroxyl groups is 1. The van der Waals surface area contributed by atoms with Crippen LogP contribution < -0.4 is 0 Å². The van der Waals surface area contributed by atoms with Crippen molar-refractivity contribution in [2.24, 2.45) is 0 Å². The van der Waals surface area contributed by atoms with Crippen molar-refractivity contribution in [3.8, 4) is 5.75 Å². The largest absolute Gasteiger partial charge is 0.506 e. The second-order valence-corrected chi connectivity index (χ2v) is 5.59. The summed E-state index contributed by atoms with van der Waals surface area (Å²) < 4.78 is 1.95. The molecule has 0 saturated heterocycles. The molecule has 1 aliphatic heterocycles. The second kappa shape index (κ2) is 5.46. The first-order chi connectivity index (χ1) is 10.0. The zero-order chi connectivity index (χ0) is 15.0. The van der Waals surface area contributed by atoms with E-state index < -0.39 is 6.10 Å². The normalized spacial score (nSPS) is 16.7. The van der Waals surface area contributed by atoms with E-state index in [0.29, 0.717) is 17.9 Å². The lowest BCUT2D eigenvalue weighted by Crippen LogP contribution is -2.33. The summed E-state index contributed by atoms with van der Waals surface area (Å²) in [5, 5.41) is 23.9. The van der Waals surface area contributed by atoms with E-state index in [1.807, 2.05) is 17.7 Å². The molecule has 0 fully saturated rings. The van der Waals surface area contributed by atoms with E-state index in [1.165, 1.54) is 0 Å². The van der Waals surface area contributed by atoms with Gasteiger partial charge in [0.25, 0.3) is 0 Å². The number of aliphatic hydroxyl groups excluding tert-OH is 1. The number of aryl methyl sites for hydroxylation is 1. The van der Waals surface area contributed by atoms with Crippen LogP contribution in [0, 0.1) is 6.92 Å². The van der Waals surface area contributed by atoms with Gasteiger partial charge in [0.05, 0.1) is 29.7 Å². The first-order valence-electron chi connectivity index (χ1n) is 7.15. The fraction of sp³-hybridized carbons (Fsp3) is 0.467. The molecule has 0 saturated carbocycles. The maximum atomic E-state index is 9.90. The topological polar surface area (TPSA) is 74.4 Å². The molecule has 112 valence electrons. The SMILES string of the molecule is Cc1ccc(O)c(CN2CCn3nc(C(C)O)cc3C2)n1. The van der Waals surface area contributed by atoms with E-state index >= 15 is 0 Å². The molecular formula is C15H20N4O2. The molecule has 3 rings (SSSR count). The van der Waals surface area contributed by atoms with Crippen LogP contribution in [0.1, 0.15) is 35.8 Å². The number of pyridine rings is 1. The summed E-state index contributed by atoms with van der Waals surface area (Å²) in [6.07, 6.45) is -0.543. The summed E-state index contributed by atoms with van der Waals surface area (Å²) in [6, 6.07) is 5.44. The van der Waals surface area contributed by atoms with Crippen LogP contribution in [0.25, 0.3) is 0 Å². The van der Waals surface area contributed by atoms with Crippen LogP contribution in [0.5, 0.6) is 5.75 Å². The van der Waals surface area contributed by atoms with Crippen LogP contribution in [0.15, 0.2) is 18.2 Å². The summed E-state index contributed by atoms with van der Waals surface area (Å²) in [4.78, 5) is 6.63. The number of aromatic nitrogens is 3. The van der Waals surface area contributed by atoms with Gasteiger partial charge in [0.1, 0.15) is 5.75 Å². The molecule has 0 aromatic carbocycles. The van der Waals surface area contributed by atoms with Crippen molar-refractivity contribution in [3.63, 3.8) is 0 Å². The second-order valence-electron chi connectivity index (χ2n) is 5.59. The molecule has 1 atom stereocenters. The fourth-order valence-corrected chi connectivity index (χ4v) is 2.61. The van der Waals surface area contributed by atoms with Crippen molar-refractivity contribution in [1.82, 2.24) is 19.7 Å². The van der Waals surface area contributed by atoms with Crippen LogP contribution in [-0.4, -0.2) is 36.4 Å². The quantitative estimate of drug-likeness (QED) is 0.892. The lowest BCUT2D eigenvalue weighted by molar-refractivity contribution is 0.188. The minimum Gasteiger partial charge on any atom is -0.506 e. The van der Waals surface area contributed by atoms with Gasteiger partial charge in [-0.15, -0.1) is 0 Å². The van der Waals surface area contributed by atoms with Gasteiger partial charge in [-0.2, -0.15) is 5.10 Å². The highest BCUT2D eigenvalue weighted by molar-refractivity contribution is 5.27. The third-order valence-electron chi connectivity index (χ3n) is 3.79. The lowest BCUT2D eigenvalue weighted by atomic mass is 10.2. The molecule has 1 unspecified atom stereocenters. The molecule has 0 aliphatic carbocycles. The first-order valence-corrected chi connectivity index (χ1v) is 7.15. The highest BCUT2D eigenvalue weighted by Gasteiger charge is 2.21. The number of nitrogens with zero attached hydrogens (tertiary/aromatic N) is 4. The Kier molecular flexibility index (Phi) is 3.65. The molecule has 3 heterocycles. The van der Waals surface area contributed by atoms with Gasteiger partial charge in [-0.3, -0.25) is 14.6 Å². The zero-order valence-electron chi connectivity index (χ0n) is 12.3. The minimum absolute atomic E-state index is 0.240. The maximum absolute atomic E-state index is 9.90. The molecule has 6 nitrogen and oxygen atoms in total. The summed E-state index contributed by atoms with van der Waals surface area (Å²) >= 11 is 0. The highest BCUT2D eigenvalue weighted by atomic mass is 16.3. The van der Waals surface area contributed by atoms with Gasteiger partial charge in [-0.1, -0.05) is 0 Å². The summed E-state index contributed by atoms with van der Waals surface area (Å²) in [7, 11) is 0. The predicted octanol–water partition coefficient (Wildman–Crippen LogP) is 1.36. The molecule has 1 aliphatic rings. The number of hydrogen-bond acceptors (Lipinski definition) is 5. The minimum atomic E-state index is -0.543. The van der Waals surface area contributed by atoms with Crippen LogP contribution in [0.4, 0.5) is 0 Å². The van der Waals surface area contributed by atoms with Crippen molar-refractivity contribution >= 4 is 0 Å². The Morgan fingerprint density at radius 1 is 1.33 bits per heavy atom. The van der Waals surface area contributed by atoms with Gasteiger partial charge in [-0.25, -0.2) is 0 Å². The average molecular weight is 288 g/mol. The van der Waals surface area contributed by atoms with Crippen molar-refractivity contribution in [2.75, 3.05) is 6.54 Å². The van der Waals surface area contributed by atoms with Crippen molar-refractivity contribution < 1.29 is 10.2 Å². The molecule has 0 radical (unpaired) electrons. The number of fused-ring (bicyclic) bond motifs is 1. The average Bonchev–Trinajstić information content (AvgIpc) is 2.86. The van der Waals surface area contributed by atoms with Gasteiger partial charge in [0, 0.05) is 25.3 Å². The first kappa shape index (κ1) is 14.0. The standard InChI is InChI=1S/C15H20N4O2/c1-10-3-4-15(21)14(16-10)9-18-5-6-19-12(8-18)7-13(17-19)11(2)20/h3-4,7,11,20-21H,5-6,8-9H2,1-2H3. The molecule has 2 N–H and O–H groups in total. The van der Waals surface area contributed by atoms with E-state index in [9.17, 15) is 10.2 Å². The van der Waals surface area contributed by atoms with Gasteiger partial charge in [-0.05, 0) is 32.0 Å². The van der Waals surface area contributed by atoms with E-state index in [0.717, 1.165) is 31.0 Å². The summed E-state index contributed by atoms with van der Waals surface area (Å²) in [5.74, 6) is 0.240. The Morgan fingerprint density at radius 3 is 2.90 bits per heavy atom. The van der Waals surface area contributed by atoms with Gasteiger partial charge >= 0.3 is 0 Å². The van der Waals surface area contributed by atoms with Gasteiger partial charge in [0.15, 0.2) is 0 Å². The predicted molar refractivity (Wildman–Crippen MR) is 77.6 cm³/mol. The summed E-state index contributed by atoms with van der Waals surface area (Å²) in [5.41, 5.74) is 3.41. The Hall–Kier alpha value is -1.92. The fourth-order valence-electron chi connectivity index (χ4n) is 2.61. The smallest absolute Gasteiger partial charge is 0.138 e. The molecule has 2 aromatic rings. The Bertz CT molecular complexity index is 651. The summed E-state index contributed by atoms with van der Waals surface area (Å²) in [6.45, 7) is 6.64. The Morgan fingerprint density at radius 2 is 2.14 bits per heavy atom. The molecule has 21 heavy (non-hydrogen) atoms. The monoisotopic (exact) mass is 288 g/mol. The molecule has 0 spiro atoms. The molecule has 2 aromatic heterocycles. The van der Waals surface area contributed by atoms with Crippen LogP contribution in [-0.2, 0) is 19.6 Å². The molecule has 6 heteroatoms. The van der Waals surface area contributed by atoms with Gasteiger partial charge in [0.2, 0.25) is 0 Å². The number of hydrogen-bond donors (Lipinski definition) is 2. The molecule has 0 amide bonds. The van der Waals surface area contributed by atoms with Crippen molar-refractivity contribution in [3.05, 3.63) is 41.0 Å². The van der Waals surface area contributed by atoms with Crippen molar-refractivity contribution in [2.45, 2.75) is 39.6 Å².